The summed E-state index contributed by atoms with van der Waals surface area (Å²) in [5.74, 6) is 0. The second-order valence-corrected chi connectivity index (χ2v) is 2.12. The Kier molecular flexibility index (Phi) is 15.6. The second-order valence-electron chi connectivity index (χ2n) is 2.12. The van der Waals surface area contributed by atoms with Gasteiger partial charge in [0.15, 0.2) is 0 Å². The van der Waals surface area contributed by atoms with Crippen LogP contribution in [0.15, 0.2) is 0 Å². The van der Waals surface area contributed by atoms with Crippen LogP contribution in [0.5, 0.6) is 0 Å². The minimum absolute atomic E-state index is 0. The van der Waals surface area contributed by atoms with Gasteiger partial charge in [0.25, 0.3) is 0 Å². The van der Waals surface area contributed by atoms with Gasteiger partial charge in [-0.05, 0) is 0 Å². The van der Waals surface area contributed by atoms with Gasteiger partial charge in [-0.25, -0.2) is 0 Å². The van der Waals surface area contributed by atoms with Gasteiger partial charge < -0.3 is 0 Å². The molecule has 0 atom stereocenters. The molecule has 0 unspecified atom stereocenters. The van der Waals surface area contributed by atoms with Crippen LogP contribution in [0.25, 0.3) is 0 Å². The normalized spacial score (nSPS) is 18.0. The van der Waals surface area contributed by atoms with Crippen LogP contribution in [0.1, 0.15) is 38.5 Å². The van der Waals surface area contributed by atoms with Gasteiger partial charge in [-0.15, -0.1) is 0 Å². The van der Waals surface area contributed by atoms with Gasteiger partial charge in [-0.1, -0.05) is 38.5 Å². The number of hydrogen-bond acceptors (Lipinski definition) is 0. The third kappa shape index (κ3) is 6.64. The molecule has 0 heterocycles. The number of hydrogen-bond donors (Lipinski definition) is 0. The van der Waals surface area contributed by atoms with E-state index < -0.39 is 0 Å². The van der Waals surface area contributed by atoms with E-state index in [-0.39, 0.29) is 75.5 Å². The summed E-state index contributed by atoms with van der Waals surface area (Å²) in [6.45, 7) is 0. The summed E-state index contributed by atoms with van der Waals surface area (Å²) in [6, 6.07) is 0. The van der Waals surface area contributed by atoms with Gasteiger partial charge >= 0.3 is 75.5 Å². The molecule has 44 valence electrons. The first-order chi connectivity index (χ1) is 3.00. The molecule has 0 spiro atoms. The summed E-state index contributed by atoms with van der Waals surface area (Å²) in [5, 5.41) is 0. The first-order valence-electron chi connectivity index (χ1n) is 3.00. The fourth-order valence-electron chi connectivity index (χ4n) is 1.06. The molecule has 0 N–H and O–H groups in total. The topological polar surface area (TPSA) is 0 Å². The molecule has 1 aliphatic rings. The van der Waals surface area contributed by atoms with Crippen molar-refractivity contribution >= 4 is 75.5 Å². The molecule has 0 amide bonds. The Bertz CT molecular complexity index is 22.0. The second kappa shape index (κ2) is 9.52. The molecule has 8 heavy (non-hydrogen) atoms. The van der Waals surface area contributed by atoms with Crippen LogP contribution in [0.3, 0.4) is 0 Å². The molecule has 0 bridgehead atoms. The van der Waals surface area contributed by atoms with Crippen molar-refractivity contribution in [1.29, 1.82) is 0 Å². The predicted molar refractivity (Wildman–Crippen MR) is 44.8 cm³/mol. The maximum atomic E-state index is 1.50. The van der Waals surface area contributed by atoms with Crippen LogP contribution in [-0.4, -0.2) is 75.5 Å². The van der Waals surface area contributed by atoms with Gasteiger partial charge in [0.05, 0.1) is 0 Å². The molecule has 0 aliphatic heterocycles. The Labute approximate surface area is 112 Å². The fourth-order valence-corrected chi connectivity index (χ4v) is 1.06. The van der Waals surface area contributed by atoms with Crippen LogP contribution < -0.4 is 0 Å². The maximum absolute atomic E-state index is 1.50. The fraction of sp³-hybridized carbons (Fsp3) is 1.00. The SMILES string of the molecule is C1CCCCC1.[CaH2].[CaH2]. The van der Waals surface area contributed by atoms with Gasteiger partial charge in [-0.2, -0.15) is 0 Å². The van der Waals surface area contributed by atoms with E-state index in [1.807, 2.05) is 0 Å². The van der Waals surface area contributed by atoms with Crippen molar-refractivity contribution in [3.8, 4) is 0 Å². The van der Waals surface area contributed by atoms with Gasteiger partial charge in [0.2, 0.25) is 0 Å². The predicted octanol–water partition coefficient (Wildman–Crippen LogP) is 0.508. The van der Waals surface area contributed by atoms with E-state index in [0.29, 0.717) is 0 Å². The third-order valence-corrected chi connectivity index (χ3v) is 1.50. The van der Waals surface area contributed by atoms with E-state index in [1.54, 1.807) is 0 Å². The molecule has 1 saturated carbocycles. The average Bonchev–Trinajstić information content (AvgIpc) is 1.72. The molecular weight excluding hydrogens is 152 g/mol. The van der Waals surface area contributed by atoms with Gasteiger partial charge in [0.1, 0.15) is 0 Å². The molecule has 1 aliphatic carbocycles. The third-order valence-electron chi connectivity index (χ3n) is 1.50. The molecular formula is C6H16Ca2. The quantitative estimate of drug-likeness (QED) is 0.462. The van der Waals surface area contributed by atoms with Crippen molar-refractivity contribution in [2.45, 2.75) is 38.5 Å². The van der Waals surface area contributed by atoms with Crippen LogP contribution >= 0.6 is 0 Å². The standard InChI is InChI=1S/C6H12.2Ca.4H/c1-2-4-6-5-3-1;;;;;;/h1-6H2;;;;;;. The summed E-state index contributed by atoms with van der Waals surface area (Å²) in [7, 11) is 0. The average molecular weight is 168 g/mol. The summed E-state index contributed by atoms with van der Waals surface area (Å²) < 4.78 is 0. The molecule has 0 nitrogen and oxygen atoms in total. The van der Waals surface area contributed by atoms with Crippen molar-refractivity contribution < 1.29 is 0 Å². The summed E-state index contributed by atoms with van der Waals surface area (Å²) in [6.07, 6.45) is 9.00. The minimum atomic E-state index is 0. The summed E-state index contributed by atoms with van der Waals surface area (Å²) in [4.78, 5) is 0. The first kappa shape index (κ1) is 13.1. The van der Waals surface area contributed by atoms with Crippen molar-refractivity contribution in [2.75, 3.05) is 0 Å². The monoisotopic (exact) mass is 168 g/mol. The van der Waals surface area contributed by atoms with Crippen LogP contribution in [0, 0.1) is 0 Å². The molecule has 0 aromatic rings. The van der Waals surface area contributed by atoms with Crippen molar-refractivity contribution in [1.82, 2.24) is 0 Å². The number of rotatable bonds is 0. The van der Waals surface area contributed by atoms with E-state index in [2.05, 4.69) is 0 Å². The Morgan fingerprint density at radius 2 is 0.500 bits per heavy atom. The molecule has 1 rings (SSSR count). The molecule has 0 aromatic heterocycles. The van der Waals surface area contributed by atoms with E-state index in [4.69, 9.17) is 0 Å². The molecule has 0 radical (unpaired) electrons. The van der Waals surface area contributed by atoms with E-state index >= 15 is 0 Å². The Balaban J connectivity index is 0. The van der Waals surface area contributed by atoms with E-state index in [9.17, 15) is 0 Å². The van der Waals surface area contributed by atoms with Crippen LogP contribution in [0.4, 0.5) is 0 Å². The summed E-state index contributed by atoms with van der Waals surface area (Å²) >= 11 is 0. The van der Waals surface area contributed by atoms with E-state index in [1.165, 1.54) is 38.5 Å². The molecule has 2 heteroatoms. The van der Waals surface area contributed by atoms with Crippen molar-refractivity contribution in [3.63, 3.8) is 0 Å². The molecule has 0 saturated heterocycles. The zero-order valence-corrected chi connectivity index (χ0v) is 4.24. The zero-order valence-electron chi connectivity index (χ0n) is 4.24. The Morgan fingerprint density at radius 3 is 0.625 bits per heavy atom. The van der Waals surface area contributed by atoms with Crippen LogP contribution in [-0.2, 0) is 0 Å². The van der Waals surface area contributed by atoms with Gasteiger partial charge in [0, 0.05) is 0 Å². The van der Waals surface area contributed by atoms with E-state index in [0.717, 1.165) is 0 Å². The van der Waals surface area contributed by atoms with Crippen molar-refractivity contribution in [2.24, 2.45) is 0 Å². The van der Waals surface area contributed by atoms with Gasteiger partial charge in [-0.3, -0.25) is 0 Å². The zero-order chi connectivity index (χ0) is 4.24. The van der Waals surface area contributed by atoms with Crippen LogP contribution in [0.2, 0.25) is 0 Å². The Hall–Kier alpha value is 2.52. The Morgan fingerprint density at radius 1 is 0.375 bits per heavy atom. The molecule has 0 aromatic carbocycles. The molecule has 1 fully saturated rings. The first-order valence-corrected chi connectivity index (χ1v) is 3.00. The van der Waals surface area contributed by atoms with Crippen molar-refractivity contribution in [3.05, 3.63) is 0 Å². The summed E-state index contributed by atoms with van der Waals surface area (Å²) in [5.41, 5.74) is 0.